The third-order valence-electron chi connectivity index (χ3n) is 6.68. The van der Waals surface area contributed by atoms with Gasteiger partial charge in [-0.25, -0.2) is 0 Å². The van der Waals surface area contributed by atoms with Gasteiger partial charge in [0.2, 0.25) is 0 Å². The van der Waals surface area contributed by atoms with Crippen LogP contribution in [0.5, 0.6) is 0 Å². The Labute approximate surface area is 294 Å². The number of hydrogen-bond acceptors (Lipinski definition) is 2. The number of rotatable bonds is 28. The third kappa shape index (κ3) is 66.4. The standard InChI is InChI=1S/2C18H32O2.2ClH.2H2N.Pt/c2*1-2-3-4-5-6-7-8-9-10-11-12-13-14-15-16-17-18(19)20;;;;;/h2*6-7,9-10H,2-5,8,11-17H2,1H3,(H,19,20);2*1H;2*1H2;/q;;;;2*-1;+4/p-2/b2*7-6-,10-9-;;;;;. The van der Waals surface area contributed by atoms with Crippen LogP contribution in [0.4, 0.5) is 0 Å². The van der Waals surface area contributed by atoms with Gasteiger partial charge < -0.3 is 22.5 Å². The second-order valence-electron chi connectivity index (χ2n) is 10.8. The van der Waals surface area contributed by atoms with Gasteiger partial charge >= 0.3 is 47.3 Å². The van der Waals surface area contributed by atoms with Crippen molar-refractivity contribution >= 4 is 30.8 Å². The largest absolute Gasteiger partial charge is 0.693 e. The fourth-order valence-electron chi connectivity index (χ4n) is 4.18. The number of allylic oxidation sites excluding steroid dienone is 8. The summed E-state index contributed by atoms with van der Waals surface area (Å²) in [5.41, 5.74) is 0. The smallest absolute Gasteiger partial charge is 0.693 e. The predicted molar refractivity (Wildman–Crippen MR) is 196 cm³/mol. The van der Waals surface area contributed by atoms with E-state index in [2.05, 4.69) is 62.5 Å². The minimum Gasteiger partial charge on any atom is -0.693 e. The zero-order valence-electron chi connectivity index (χ0n) is 28.5. The average molecular weight is 859 g/mol. The number of unbranched alkanes of at least 4 members (excludes halogenated alkanes) is 16. The zero-order chi connectivity index (χ0) is 32.5. The topological polar surface area (TPSA) is 142 Å². The van der Waals surface area contributed by atoms with Gasteiger partial charge in [-0.2, -0.15) is 0 Å². The minimum absolute atomic E-state index is 0. The molecular formula is C36H68Cl2N2O4Pt. The Balaban J connectivity index is -0.000000209. The van der Waals surface area contributed by atoms with E-state index >= 15 is 0 Å². The quantitative estimate of drug-likeness (QED) is 0.0597. The summed E-state index contributed by atoms with van der Waals surface area (Å²) < 4.78 is 0. The van der Waals surface area contributed by atoms with Gasteiger partial charge in [-0.3, -0.25) is 9.59 Å². The summed E-state index contributed by atoms with van der Waals surface area (Å²) in [6.07, 6.45) is 44.6. The van der Waals surface area contributed by atoms with Crippen molar-refractivity contribution in [3.8, 4) is 0 Å². The second kappa shape index (κ2) is 52.6. The van der Waals surface area contributed by atoms with E-state index in [-0.39, 0.29) is 12.3 Å². The molecule has 0 saturated heterocycles. The summed E-state index contributed by atoms with van der Waals surface area (Å²) in [6, 6.07) is 0. The van der Waals surface area contributed by atoms with Crippen LogP contribution in [-0.4, -0.2) is 22.2 Å². The van der Waals surface area contributed by atoms with Crippen LogP contribution in [0, 0.1) is 0 Å². The van der Waals surface area contributed by atoms with Crippen molar-refractivity contribution in [3.05, 3.63) is 60.9 Å². The van der Waals surface area contributed by atoms with Crippen LogP contribution in [0.25, 0.3) is 12.3 Å². The number of aliphatic carboxylic acids is 2. The molecule has 0 aliphatic carbocycles. The van der Waals surface area contributed by atoms with Crippen LogP contribution in [0.2, 0.25) is 0 Å². The Morgan fingerprint density at radius 1 is 0.467 bits per heavy atom. The first kappa shape index (κ1) is 53.6. The Hall–Kier alpha value is -0.912. The van der Waals surface area contributed by atoms with E-state index in [0.717, 1.165) is 51.4 Å². The monoisotopic (exact) mass is 857 g/mol. The SMILES string of the molecule is CCCCC/C=C\C/C=C\CCCCCCCC(=O)O.CCCCC/C=C\C/C=C\CCCCCCCC(=O)O.[Cl][Pt+2][Cl].[NH2-].[NH2-]. The summed E-state index contributed by atoms with van der Waals surface area (Å²) in [5.74, 6) is -1.34. The van der Waals surface area contributed by atoms with E-state index in [4.69, 9.17) is 29.0 Å². The van der Waals surface area contributed by atoms with Gasteiger partial charge in [0, 0.05) is 12.8 Å². The molecule has 0 aromatic heterocycles. The van der Waals surface area contributed by atoms with Gasteiger partial charge in [0.1, 0.15) is 0 Å². The average Bonchev–Trinajstić information content (AvgIpc) is 2.97. The number of nitrogens with two attached hydrogens (primary N) is 2. The van der Waals surface area contributed by atoms with Crippen LogP contribution in [0.15, 0.2) is 48.6 Å². The van der Waals surface area contributed by atoms with Gasteiger partial charge in [-0.1, -0.05) is 127 Å². The van der Waals surface area contributed by atoms with Gasteiger partial charge in [0.25, 0.3) is 0 Å². The van der Waals surface area contributed by atoms with Gasteiger partial charge in [0.15, 0.2) is 0 Å². The second-order valence-corrected chi connectivity index (χ2v) is 14.1. The molecule has 0 aliphatic rings. The number of carboxylic acid groups (broad SMARTS) is 2. The van der Waals surface area contributed by atoms with Crippen molar-refractivity contribution < 1.29 is 36.3 Å². The Kier molecular flexibility index (Phi) is 62.6. The van der Waals surface area contributed by atoms with E-state index in [1.807, 2.05) is 0 Å². The minimum atomic E-state index is -0.671. The molecule has 0 rings (SSSR count). The van der Waals surface area contributed by atoms with Crippen LogP contribution >= 0.6 is 18.8 Å². The van der Waals surface area contributed by atoms with E-state index in [9.17, 15) is 9.59 Å². The molecule has 0 amide bonds. The maximum atomic E-state index is 10.3. The van der Waals surface area contributed by atoms with Crippen molar-refractivity contribution in [3.63, 3.8) is 0 Å². The molecule has 0 aromatic rings. The zero-order valence-corrected chi connectivity index (χ0v) is 32.3. The molecule has 9 heteroatoms. The van der Waals surface area contributed by atoms with Crippen LogP contribution < -0.4 is 0 Å². The molecule has 0 heterocycles. The molecule has 0 saturated carbocycles. The molecule has 45 heavy (non-hydrogen) atoms. The summed E-state index contributed by atoms with van der Waals surface area (Å²) in [7, 11) is 9.75. The number of halogens is 2. The fourth-order valence-corrected chi connectivity index (χ4v) is 4.18. The summed E-state index contributed by atoms with van der Waals surface area (Å²) in [6.45, 7) is 4.47. The molecule has 0 radical (unpaired) electrons. The first-order chi connectivity index (χ1) is 21.0. The van der Waals surface area contributed by atoms with Gasteiger partial charge in [-0.05, 0) is 77.0 Å². The fraction of sp³-hybridized carbons (Fsp3) is 0.722. The normalized spacial score (nSPS) is 10.8. The molecule has 0 spiro atoms. The number of carboxylic acids is 2. The van der Waals surface area contributed by atoms with E-state index in [1.165, 1.54) is 89.9 Å². The molecule has 0 atom stereocenters. The van der Waals surface area contributed by atoms with Crippen molar-refractivity contribution in [2.45, 2.75) is 168 Å². The first-order valence-corrected chi connectivity index (χ1v) is 22.4. The third-order valence-corrected chi connectivity index (χ3v) is 6.68. The van der Waals surface area contributed by atoms with Crippen molar-refractivity contribution in [1.82, 2.24) is 0 Å². The first-order valence-electron chi connectivity index (χ1n) is 16.8. The summed E-state index contributed by atoms with van der Waals surface area (Å²) in [5, 5.41) is 17.0. The molecular weight excluding hydrogens is 790 g/mol. The number of hydrogen-bond donors (Lipinski definition) is 2. The molecule has 0 unspecified atom stereocenters. The van der Waals surface area contributed by atoms with Crippen molar-refractivity contribution in [2.75, 3.05) is 0 Å². The van der Waals surface area contributed by atoms with E-state index in [1.54, 1.807) is 0 Å². The van der Waals surface area contributed by atoms with Crippen LogP contribution in [0.1, 0.15) is 168 Å². The molecule has 270 valence electrons. The molecule has 6 nitrogen and oxygen atoms in total. The molecule has 6 N–H and O–H groups in total. The van der Waals surface area contributed by atoms with Gasteiger partial charge in [0.05, 0.1) is 0 Å². The van der Waals surface area contributed by atoms with Crippen molar-refractivity contribution in [2.24, 2.45) is 0 Å². The van der Waals surface area contributed by atoms with Crippen LogP contribution in [0.3, 0.4) is 0 Å². The molecule has 0 fully saturated rings. The maximum absolute atomic E-state index is 10.3. The Morgan fingerprint density at radius 3 is 0.978 bits per heavy atom. The maximum Gasteiger partial charge on any atom is -0.693 e. The van der Waals surface area contributed by atoms with Gasteiger partial charge in [-0.15, -0.1) is 0 Å². The van der Waals surface area contributed by atoms with E-state index < -0.39 is 28.4 Å². The van der Waals surface area contributed by atoms with Crippen LogP contribution in [-0.2, 0) is 26.1 Å². The van der Waals surface area contributed by atoms with Crippen molar-refractivity contribution in [1.29, 1.82) is 0 Å². The predicted octanol–water partition coefficient (Wildman–Crippen LogP) is 14.6. The summed E-state index contributed by atoms with van der Waals surface area (Å²) in [4.78, 5) is 20.6. The Bertz CT molecular complexity index is 634. The molecule has 0 bridgehead atoms. The number of carbonyl (C=O) groups is 2. The summed E-state index contributed by atoms with van der Waals surface area (Å²) >= 11 is -0.472. The Morgan fingerprint density at radius 2 is 0.711 bits per heavy atom. The molecule has 0 aromatic carbocycles. The van der Waals surface area contributed by atoms with E-state index in [0.29, 0.717) is 12.8 Å². The molecule has 0 aliphatic heterocycles.